The van der Waals surface area contributed by atoms with Crippen molar-refractivity contribution in [3.05, 3.63) is 47.5 Å². The molecule has 0 unspecified atom stereocenters. The molecule has 4 heteroatoms. The summed E-state index contributed by atoms with van der Waals surface area (Å²) in [4.78, 5) is 4.29. The molecule has 1 aromatic heterocycles. The summed E-state index contributed by atoms with van der Waals surface area (Å²) in [7, 11) is 0. The Morgan fingerprint density at radius 3 is 3.05 bits per heavy atom. The van der Waals surface area contributed by atoms with Crippen molar-refractivity contribution in [3.8, 4) is 11.1 Å². The number of H-pyrrole nitrogens is 1. The minimum absolute atomic E-state index is 0.541. The van der Waals surface area contributed by atoms with Crippen LogP contribution in [0.3, 0.4) is 0 Å². The molecule has 0 amide bonds. The van der Waals surface area contributed by atoms with E-state index in [0.29, 0.717) is 5.82 Å². The molecular weight excluding hydrogens is 236 g/mol. The molecule has 1 aliphatic rings. The second-order valence-corrected chi connectivity index (χ2v) is 4.72. The molecule has 0 saturated heterocycles. The largest absolute Gasteiger partial charge is 0.382 e. The lowest BCUT2D eigenvalue weighted by atomic mass is 9.98. The van der Waals surface area contributed by atoms with E-state index in [0.717, 1.165) is 28.6 Å². The van der Waals surface area contributed by atoms with E-state index in [4.69, 9.17) is 5.73 Å². The number of anilines is 1. The van der Waals surface area contributed by atoms with Crippen LogP contribution < -0.4 is 5.73 Å². The van der Waals surface area contributed by atoms with Gasteiger partial charge >= 0.3 is 0 Å². The van der Waals surface area contributed by atoms with E-state index >= 15 is 0 Å². The number of hydrogen-bond donors (Lipinski definition) is 2. The van der Waals surface area contributed by atoms with Crippen molar-refractivity contribution in [1.29, 1.82) is 0 Å². The highest BCUT2D eigenvalue weighted by Crippen LogP contribution is 2.32. The van der Waals surface area contributed by atoms with E-state index in [1.165, 1.54) is 11.1 Å². The zero-order chi connectivity index (χ0) is 12.8. The predicted molar refractivity (Wildman–Crippen MR) is 77.2 cm³/mol. The molecule has 0 bridgehead atoms. The molecule has 0 fully saturated rings. The number of benzene rings is 2. The van der Waals surface area contributed by atoms with E-state index in [1.807, 2.05) is 18.3 Å². The first-order chi connectivity index (χ1) is 9.33. The molecule has 0 spiro atoms. The normalized spacial score (nSPS) is 13.1. The number of aromatic nitrogens is 2. The first-order valence-electron chi connectivity index (χ1n) is 6.18. The van der Waals surface area contributed by atoms with E-state index < -0.39 is 0 Å². The number of fused-ring (bicyclic) bond motifs is 2. The first kappa shape index (κ1) is 10.3. The van der Waals surface area contributed by atoms with E-state index in [2.05, 4.69) is 39.5 Å². The summed E-state index contributed by atoms with van der Waals surface area (Å²) in [5.41, 5.74) is 11.6. The summed E-state index contributed by atoms with van der Waals surface area (Å²) >= 11 is 0. The number of hydrogen-bond acceptors (Lipinski definition) is 3. The lowest BCUT2D eigenvalue weighted by Gasteiger charge is -2.06. The van der Waals surface area contributed by atoms with Gasteiger partial charge < -0.3 is 5.73 Å². The molecular formula is C15H12N4. The van der Waals surface area contributed by atoms with Crippen LogP contribution >= 0.6 is 0 Å². The van der Waals surface area contributed by atoms with Gasteiger partial charge in [0.15, 0.2) is 5.82 Å². The van der Waals surface area contributed by atoms with Gasteiger partial charge in [-0.2, -0.15) is 5.10 Å². The summed E-state index contributed by atoms with van der Waals surface area (Å²) in [5, 5.41) is 8.01. The van der Waals surface area contributed by atoms with Gasteiger partial charge in [-0.1, -0.05) is 24.3 Å². The number of aliphatic imine (C=N–C) groups is 1. The van der Waals surface area contributed by atoms with Gasteiger partial charge in [0.05, 0.1) is 17.4 Å². The molecule has 0 aliphatic carbocycles. The number of aromatic amines is 1. The van der Waals surface area contributed by atoms with Crippen molar-refractivity contribution in [2.24, 2.45) is 4.99 Å². The second-order valence-electron chi connectivity index (χ2n) is 4.72. The van der Waals surface area contributed by atoms with Crippen LogP contribution in [0.15, 0.2) is 41.4 Å². The Morgan fingerprint density at radius 2 is 2.11 bits per heavy atom. The Balaban J connectivity index is 1.99. The number of nitrogen functional groups attached to an aromatic ring is 1. The van der Waals surface area contributed by atoms with Gasteiger partial charge in [-0.25, -0.2) is 0 Å². The topological polar surface area (TPSA) is 67.1 Å². The van der Waals surface area contributed by atoms with Crippen LogP contribution in [0.1, 0.15) is 11.1 Å². The average Bonchev–Trinajstić information content (AvgIpc) is 3.05. The summed E-state index contributed by atoms with van der Waals surface area (Å²) in [5.74, 6) is 0.541. The zero-order valence-electron chi connectivity index (χ0n) is 10.2. The van der Waals surface area contributed by atoms with Crippen LogP contribution in [0.25, 0.3) is 22.0 Å². The summed E-state index contributed by atoms with van der Waals surface area (Å²) < 4.78 is 0. The summed E-state index contributed by atoms with van der Waals surface area (Å²) in [6, 6.07) is 12.5. The smallest absolute Gasteiger partial charge is 0.153 e. The molecule has 3 aromatic rings. The van der Waals surface area contributed by atoms with Crippen molar-refractivity contribution >= 4 is 22.9 Å². The number of nitrogens with one attached hydrogen (secondary N) is 1. The SMILES string of the molecule is Nc1n[nH]c2cccc(-c3ccc4c(c3)C=NC4)c12. The van der Waals surface area contributed by atoms with Gasteiger partial charge in [-0.15, -0.1) is 0 Å². The Bertz CT molecular complexity index is 814. The Kier molecular flexibility index (Phi) is 2.00. The van der Waals surface area contributed by atoms with Gasteiger partial charge in [-0.3, -0.25) is 10.1 Å². The van der Waals surface area contributed by atoms with Crippen LogP contribution in [-0.2, 0) is 6.54 Å². The summed E-state index contributed by atoms with van der Waals surface area (Å²) in [6.45, 7) is 0.785. The van der Waals surface area contributed by atoms with Crippen molar-refractivity contribution in [3.63, 3.8) is 0 Å². The highest BCUT2D eigenvalue weighted by Gasteiger charge is 2.12. The molecule has 92 valence electrons. The number of nitrogens with two attached hydrogens (primary N) is 1. The molecule has 4 rings (SSSR count). The fraction of sp³-hybridized carbons (Fsp3) is 0.0667. The lowest BCUT2D eigenvalue weighted by molar-refractivity contribution is 1.11. The maximum Gasteiger partial charge on any atom is 0.153 e. The third-order valence-corrected chi connectivity index (χ3v) is 3.57. The van der Waals surface area contributed by atoms with Gasteiger partial charge in [0.2, 0.25) is 0 Å². The Labute approximate surface area is 110 Å². The fourth-order valence-electron chi connectivity index (χ4n) is 2.61. The quantitative estimate of drug-likeness (QED) is 0.695. The van der Waals surface area contributed by atoms with E-state index in [1.54, 1.807) is 0 Å². The van der Waals surface area contributed by atoms with Crippen LogP contribution in [0.4, 0.5) is 5.82 Å². The maximum absolute atomic E-state index is 5.96. The van der Waals surface area contributed by atoms with Gasteiger partial charge in [0.25, 0.3) is 0 Å². The minimum atomic E-state index is 0.541. The molecule has 0 atom stereocenters. The third-order valence-electron chi connectivity index (χ3n) is 3.57. The van der Waals surface area contributed by atoms with Gasteiger partial charge in [0, 0.05) is 6.21 Å². The van der Waals surface area contributed by atoms with Crippen molar-refractivity contribution < 1.29 is 0 Å². The van der Waals surface area contributed by atoms with Gasteiger partial charge in [0.1, 0.15) is 0 Å². The van der Waals surface area contributed by atoms with Crippen LogP contribution in [0, 0.1) is 0 Å². The molecule has 2 aromatic carbocycles. The van der Waals surface area contributed by atoms with Crippen LogP contribution in [0.5, 0.6) is 0 Å². The van der Waals surface area contributed by atoms with Crippen molar-refractivity contribution in [2.45, 2.75) is 6.54 Å². The predicted octanol–water partition coefficient (Wildman–Crippen LogP) is 2.74. The fourth-order valence-corrected chi connectivity index (χ4v) is 2.61. The molecule has 0 radical (unpaired) electrons. The monoisotopic (exact) mass is 248 g/mol. The Morgan fingerprint density at radius 1 is 1.16 bits per heavy atom. The first-order valence-corrected chi connectivity index (χ1v) is 6.18. The van der Waals surface area contributed by atoms with Crippen molar-refractivity contribution in [2.75, 3.05) is 5.73 Å². The molecule has 3 N–H and O–H groups in total. The highest BCUT2D eigenvalue weighted by molar-refractivity contribution is 6.02. The molecule has 2 heterocycles. The third kappa shape index (κ3) is 1.46. The number of rotatable bonds is 1. The average molecular weight is 248 g/mol. The minimum Gasteiger partial charge on any atom is -0.382 e. The molecule has 19 heavy (non-hydrogen) atoms. The number of nitrogens with zero attached hydrogens (tertiary/aromatic N) is 2. The molecule has 1 aliphatic heterocycles. The molecule has 4 nitrogen and oxygen atoms in total. The van der Waals surface area contributed by atoms with Gasteiger partial charge in [-0.05, 0) is 34.4 Å². The van der Waals surface area contributed by atoms with E-state index in [9.17, 15) is 0 Å². The molecule has 0 saturated carbocycles. The zero-order valence-corrected chi connectivity index (χ0v) is 10.2. The van der Waals surface area contributed by atoms with Crippen LogP contribution in [0.2, 0.25) is 0 Å². The van der Waals surface area contributed by atoms with Crippen LogP contribution in [-0.4, -0.2) is 16.4 Å². The van der Waals surface area contributed by atoms with Crippen molar-refractivity contribution in [1.82, 2.24) is 10.2 Å². The second kappa shape index (κ2) is 3.68. The maximum atomic E-state index is 5.96. The van der Waals surface area contributed by atoms with E-state index in [-0.39, 0.29) is 0 Å². The highest BCUT2D eigenvalue weighted by atomic mass is 15.1. The Hall–Kier alpha value is -2.62. The standard InChI is InChI=1S/C15H12N4/c16-15-14-12(2-1-3-13(14)18-19-15)9-4-5-10-7-17-8-11(10)6-9/h1-6,8H,7H2,(H3,16,18,19). The summed E-state index contributed by atoms with van der Waals surface area (Å²) in [6.07, 6.45) is 1.93. The lowest BCUT2D eigenvalue weighted by Crippen LogP contribution is -1.89.